The third-order valence-corrected chi connectivity index (χ3v) is 2.98. The van der Waals surface area contributed by atoms with E-state index in [1.54, 1.807) is 0 Å². The summed E-state index contributed by atoms with van der Waals surface area (Å²) in [4.78, 5) is 9.90. The van der Waals surface area contributed by atoms with Gasteiger partial charge in [0.2, 0.25) is 0 Å². The van der Waals surface area contributed by atoms with Gasteiger partial charge in [0.05, 0.1) is 11.5 Å². The van der Waals surface area contributed by atoms with Crippen LogP contribution in [-0.2, 0) is 0 Å². The van der Waals surface area contributed by atoms with Gasteiger partial charge >= 0.3 is 0 Å². The second-order valence-corrected chi connectivity index (χ2v) is 4.59. The van der Waals surface area contributed by atoms with Crippen LogP contribution in [-0.4, -0.2) is 66.6 Å². The van der Waals surface area contributed by atoms with Crippen LogP contribution in [0.3, 0.4) is 0 Å². The minimum atomic E-state index is -1.93. The monoisotopic (exact) mass is 315 g/mol. The zero-order chi connectivity index (χ0) is 16.9. The largest absolute Gasteiger partial charge is 0.509 e. The first-order chi connectivity index (χ1) is 10.3. The fourth-order valence-corrected chi connectivity index (χ4v) is 1.65. The molecule has 122 valence electrons. The highest BCUT2D eigenvalue weighted by Crippen LogP contribution is 2.17. The number of nitro groups is 1. The first-order valence-corrected chi connectivity index (χ1v) is 6.26. The molecule has 0 spiro atoms. The molecule has 0 fully saturated rings. The van der Waals surface area contributed by atoms with E-state index < -0.39 is 41.7 Å². The van der Waals surface area contributed by atoms with Gasteiger partial charge in [-0.25, -0.2) is 0 Å². The van der Waals surface area contributed by atoms with Gasteiger partial charge in [-0.3, -0.25) is 10.1 Å². The highest BCUT2D eigenvalue weighted by atomic mass is 16.6. The third-order valence-electron chi connectivity index (χ3n) is 2.98. The van der Waals surface area contributed by atoms with E-state index in [9.17, 15) is 30.5 Å². The number of nitrogens with zero attached hydrogens (tertiary/aromatic N) is 1. The summed E-state index contributed by atoms with van der Waals surface area (Å²) in [6.45, 7) is -0.836. The smallest absolute Gasteiger partial charge is 0.269 e. The third kappa shape index (κ3) is 4.48. The molecule has 6 N–H and O–H groups in total. The van der Waals surface area contributed by atoms with Gasteiger partial charge in [-0.2, -0.15) is 0 Å². The van der Waals surface area contributed by atoms with Crippen molar-refractivity contribution in [1.82, 2.24) is 0 Å². The van der Waals surface area contributed by atoms with E-state index in [4.69, 9.17) is 10.2 Å². The van der Waals surface area contributed by atoms with Crippen molar-refractivity contribution in [2.45, 2.75) is 24.4 Å². The topological polar surface area (TPSA) is 165 Å². The van der Waals surface area contributed by atoms with Gasteiger partial charge in [0.1, 0.15) is 30.2 Å². The van der Waals surface area contributed by atoms with Crippen LogP contribution in [0.25, 0.3) is 6.08 Å². The normalized spacial score (nSPS) is 17.6. The molecule has 0 aliphatic heterocycles. The fraction of sp³-hybridized carbons (Fsp3) is 0.385. The molecule has 9 heteroatoms. The van der Waals surface area contributed by atoms with Gasteiger partial charge in [-0.15, -0.1) is 0 Å². The molecule has 1 rings (SSSR count). The molecule has 4 atom stereocenters. The van der Waals surface area contributed by atoms with Gasteiger partial charge in [-0.05, 0) is 23.8 Å². The number of aliphatic hydroxyl groups is 6. The maximum Gasteiger partial charge on any atom is 0.269 e. The molecule has 0 saturated heterocycles. The lowest BCUT2D eigenvalue weighted by Gasteiger charge is -2.25. The standard InChI is InChI=1S/C13H17NO8/c15-6-10(17)12(19)13(20)11(18)9(16)5-7-1-3-8(4-2-7)14(21)22/h1-5,10-13,15-20H,6H2. The van der Waals surface area contributed by atoms with Crippen molar-refractivity contribution in [2.24, 2.45) is 0 Å². The van der Waals surface area contributed by atoms with Crippen molar-refractivity contribution in [3.8, 4) is 0 Å². The molecule has 0 radical (unpaired) electrons. The molecule has 0 amide bonds. The molecular weight excluding hydrogens is 298 g/mol. The molecule has 9 nitrogen and oxygen atoms in total. The van der Waals surface area contributed by atoms with Gasteiger partial charge in [0.15, 0.2) is 0 Å². The Balaban J connectivity index is 2.84. The Morgan fingerprint density at radius 3 is 2.14 bits per heavy atom. The Hall–Kier alpha value is -2.04. The molecule has 4 unspecified atom stereocenters. The predicted molar refractivity (Wildman–Crippen MR) is 74.8 cm³/mol. The number of nitro benzene ring substituents is 1. The minimum absolute atomic E-state index is 0.154. The van der Waals surface area contributed by atoms with Crippen LogP contribution < -0.4 is 0 Å². The molecule has 1 aromatic rings. The van der Waals surface area contributed by atoms with E-state index in [0.29, 0.717) is 5.56 Å². The Labute approximate surface area is 125 Å². The summed E-state index contributed by atoms with van der Waals surface area (Å²) < 4.78 is 0. The molecule has 0 aliphatic carbocycles. The zero-order valence-electron chi connectivity index (χ0n) is 11.4. The van der Waals surface area contributed by atoms with Crippen LogP contribution in [0.15, 0.2) is 30.0 Å². The van der Waals surface area contributed by atoms with Crippen LogP contribution in [0.5, 0.6) is 0 Å². The summed E-state index contributed by atoms with van der Waals surface area (Å²) in [7, 11) is 0. The van der Waals surface area contributed by atoms with Gasteiger partial charge in [0.25, 0.3) is 5.69 Å². The molecule has 0 aliphatic rings. The Bertz CT molecular complexity index is 529. The minimum Gasteiger partial charge on any atom is -0.509 e. The summed E-state index contributed by atoms with van der Waals surface area (Å²) in [5.74, 6) is -0.717. The van der Waals surface area contributed by atoms with Crippen molar-refractivity contribution >= 4 is 11.8 Å². The van der Waals surface area contributed by atoms with E-state index in [1.807, 2.05) is 0 Å². The summed E-state index contributed by atoms with van der Waals surface area (Å²) in [5, 5.41) is 66.7. The van der Waals surface area contributed by atoms with Crippen LogP contribution in [0.4, 0.5) is 5.69 Å². The lowest BCUT2D eigenvalue weighted by atomic mass is 10.0. The molecule has 0 bridgehead atoms. The Morgan fingerprint density at radius 2 is 1.68 bits per heavy atom. The van der Waals surface area contributed by atoms with Crippen molar-refractivity contribution < 1.29 is 35.6 Å². The van der Waals surface area contributed by atoms with Gasteiger partial charge < -0.3 is 30.6 Å². The molecular formula is C13H17NO8. The van der Waals surface area contributed by atoms with E-state index in [0.717, 1.165) is 6.08 Å². The summed E-state index contributed by atoms with van der Waals surface area (Å²) in [6.07, 6.45) is -6.36. The average Bonchev–Trinajstić information content (AvgIpc) is 2.52. The molecule has 0 aromatic heterocycles. The second kappa shape index (κ2) is 7.82. The Morgan fingerprint density at radius 1 is 1.14 bits per heavy atom. The van der Waals surface area contributed by atoms with E-state index in [2.05, 4.69) is 0 Å². The molecule has 0 heterocycles. The van der Waals surface area contributed by atoms with Crippen molar-refractivity contribution in [3.05, 3.63) is 45.7 Å². The molecule has 1 aromatic carbocycles. The van der Waals surface area contributed by atoms with Gasteiger partial charge in [-0.1, -0.05) is 0 Å². The number of hydrogen-bond donors (Lipinski definition) is 6. The summed E-state index contributed by atoms with van der Waals surface area (Å²) in [5.41, 5.74) is 0.158. The quantitative estimate of drug-likeness (QED) is 0.210. The number of aliphatic hydroxyl groups excluding tert-OH is 6. The van der Waals surface area contributed by atoms with Crippen molar-refractivity contribution in [1.29, 1.82) is 0 Å². The second-order valence-electron chi connectivity index (χ2n) is 4.59. The van der Waals surface area contributed by atoms with Crippen LogP contribution >= 0.6 is 0 Å². The van der Waals surface area contributed by atoms with Gasteiger partial charge in [0, 0.05) is 12.1 Å². The first kappa shape index (κ1) is 18.0. The number of hydrogen-bond acceptors (Lipinski definition) is 8. The Kier molecular flexibility index (Phi) is 6.40. The SMILES string of the molecule is O=[N+]([O-])c1ccc(C=C(O)C(O)C(O)C(O)C(O)CO)cc1. The number of non-ortho nitro benzene ring substituents is 1. The van der Waals surface area contributed by atoms with Crippen molar-refractivity contribution in [3.63, 3.8) is 0 Å². The maximum absolute atomic E-state index is 10.5. The summed E-state index contributed by atoms with van der Waals surface area (Å²) in [6, 6.07) is 5.00. The zero-order valence-corrected chi connectivity index (χ0v) is 11.4. The van der Waals surface area contributed by atoms with Crippen LogP contribution in [0.2, 0.25) is 0 Å². The van der Waals surface area contributed by atoms with Crippen LogP contribution in [0, 0.1) is 10.1 Å². The van der Waals surface area contributed by atoms with Crippen LogP contribution in [0.1, 0.15) is 5.56 Å². The maximum atomic E-state index is 10.5. The lowest BCUT2D eigenvalue weighted by Crippen LogP contribution is -2.46. The summed E-state index contributed by atoms with van der Waals surface area (Å²) >= 11 is 0. The van der Waals surface area contributed by atoms with E-state index in [1.165, 1.54) is 24.3 Å². The highest BCUT2D eigenvalue weighted by Gasteiger charge is 2.32. The number of rotatable bonds is 7. The van der Waals surface area contributed by atoms with E-state index in [-0.39, 0.29) is 5.69 Å². The predicted octanol–water partition coefficient (Wildman–Crippen LogP) is -1.07. The molecule has 0 saturated carbocycles. The highest BCUT2D eigenvalue weighted by molar-refractivity contribution is 5.54. The molecule has 22 heavy (non-hydrogen) atoms. The average molecular weight is 315 g/mol. The lowest BCUT2D eigenvalue weighted by molar-refractivity contribution is -0.384. The fourth-order valence-electron chi connectivity index (χ4n) is 1.65. The number of benzene rings is 1. The van der Waals surface area contributed by atoms with E-state index >= 15 is 0 Å². The van der Waals surface area contributed by atoms with Crippen molar-refractivity contribution in [2.75, 3.05) is 6.61 Å². The first-order valence-electron chi connectivity index (χ1n) is 6.26.